The first kappa shape index (κ1) is 10.4. The number of hydrogen-bond acceptors (Lipinski definition) is 3. The first-order chi connectivity index (χ1) is 6.75. The van der Waals surface area contributed by atoms with Crippen LogP contribution in [-0.2, 0) is 4.74 Å². The van der Waals surface area contributed by atoms with E-state index in [1.54, 1.807) is 0 Å². The van der Waals surface area contributed by atoms with Crippen LogP contribution < -0.4 is 5.32 Å². The number of nitrogens with zero attached hydrogens (tertiary/aromatic N) is 1. The van der Waals surface area contributed by atoms with E-state index in [0.717, 1.165) is 38.3 Å². The fraction of sp³-hybridized carbons (Fsp3) is 1.00. The molecule has 2 rings (SSSR count). The van der Waals surface area contributed by atoms with Crippen molar-refractivity contribution in [1.82, 2.24) is 10.2 Å². The molecule has 2 saturated heterocycles. The minimum Gasteiger partial charge on any atom is -0.378 e. The molecule has 0 amide bonds. The number of rotatable bonds is 2. The molecule has 0 aromatic rings. The van der Waals surface area contributed by atoms with Crippen molar-refractivity contribution in [1.29, 1.82) is 0 Å². The highest BCUT2D eigenvalue weighted by Gasteiger charge is 2.28. The van der Waals surface area contributed by atoms with E-state index in [1.807, 2.05) is 0 Å². The van der Waals surface area contributed by atoms with Gasteiger partial charge in [0.1, 0.15) is 0 Å². The Bertz CT molecular complexity index is 180. The largest absolute Gasteiger partial charge is 0.378 e. The van der Waals surface area contributed by atoms with Gasteiger partial charge in [-0.15, -0.1) is 0 Å². The molecule has 0 aliphatic carbocycles. The summed E-state index contributed by atoms with van der Waals surface area (Å²) in [6, 6.07) is 1.31. The van der Waals surface area contributed by atoms with Gasteiger partial charge in [-0.3, -0.25) is 4.90 Å². The topological polar surface area (TPSA) is 24.5 Å². The van der Waals surface area contributed by atoms with Crippen LogP contribution in [-0.4, -0.2) is 49.8 Å². The Morgan fingerprint density at radius 3 is 2.86 bits per heavy atom. The predicted octanol–water partition coefficient (Wildman–Crippen LogP) is 0.705. The Morgan fingerprint density at radius 2 is 2.29 bits per heavy atom. The van der Waals surface area contributed by atoms with Gasteiger partial charge in [0.15, 0.2) is 0 Å². The molecule has 0 spiro atoms. The summed E-state index contributed by atoms with van der Waals surface area (Å²) in [5, 5.41) is 3.51. The van der Waals surface area contributed by atoms with Crippen LogP contribution >= 0.6 is 0 Å². The number of nitrogens with one attached hydrogen (secondary N) is 1. The Hall–Kier alpha value is -0.120. The number of ether oxygens (including phenoxy) is 1. The van der Waals surface area contributed by atoms with E-state index in [1.165, 1.54) is 13.0 Å². The lowest BCUT2D eigenvalue weighted by Gasteiger charge is -2.30. The lowest BCUT2D eigenvalue weighted by Crippen LogP contribution is -2.49. The van der Waals surface area contributed by atoms with E-state index in [2.05, 4.69) is 24.1 Å². The SMILES string of the molecule is CC1CC(C)N(CC2COCCN2)C1. The van der Waals surface area contributed by atoms with Crippen molar-refractivity contribution < 1.29 is 4.74 Å². The van der Waals surface area contributed by atoms with Crippen molar-refractivity contribution in [2.75, 3.05) is 32.8 Å². The van der Waals surface area contributed by atoms with Gasteiger partial charge in [-0.1, -0.05) is 6.92 Å². The third-order valence-electron chi connectivity index (χ3n) is 3.37. The molecule has 2 aliphatic rings. The molecule has 2 heterocycles. The van der Waals surface area contributed by atoms with Crippen LogP contribution in [0.5, 0.6) is 0 Å². The van der Waals surface area contributed by atoms with Gasteiger partial charge in [0.25, 0.3) is 0 Å². The van der Waals surface area contributed by atoms with Gasteiger partial charge >= 0.3 is 0 Å². The zero-order valence-electron chi connectivity index (χ0n) is 9.33. The maximum Gasteiger partial charge on any atom is 0.0632 e. The minimum absolute atomic E-state index is 0.552. The Labute approximate surface area is 86.8 Å². The fourth-order valence-corrected chi connectivity index (χ4v) is 2.66. The van der Waals surface area contributed by atoms with Crippen molar-refractivity contribution in [3.63, 3.8) is 0 Å². The molecule has 3 unspecified atom stereocenters. The maximum absolute atomic E-state index is 5.47. The highest BCUT2D eigenvalue weighted by Crippen LogP contribution is 2.22. The van der Waals surface area contributed by atoms with E-state index in [9.17, 15) is 0 Å². The Morgan fingerprint density at radius 1 is 1.43 bits per heavy atom. The van der Waals surface area contributed by atoms with Crippen LogP contribution in [0, 0.1) is 5.92 Å². The van der Waals surface area contributed by atoms with Gasteiger partial charge in [-0.25, -0.2) is 0 Å². The zero-order valence-corrected chi connectivity index (χ0v) is 9.33. The molecule has 0 aromatic carbocycles. The molecule has 3 atom stereocenters. The molecule has 3 nitrogen and oxygen atoms in total. The van der Waals surface area contributed by atoms with Crippen LogP contribution in [0.3, 0.4) is 0 Å². The van der Waals surface area contributed by atoms with Crippen LogP contribution in [0.25, 0.3) is 0 Å². The van der Waals surface area contributed by atoms with Crippen LogP contribution in [0.1, 0.15) is 20.3 Å². The number of morpholine rings is 1. The molecule has 0 saturated carbocycles. The van der Waals surface area contributed by atoms with E-state index in [0.29, 0.717) is 6.04 Å². The average Bonchev–Trinajstić information content (AvgIpc) is 2.47. The zero-order chi connectivity index (χ0) is 9.97. The number of likely N-dealkylation sites (tertiary alicyclic amines) is 1. The summed E-state index contributed by atoms with van der Waals surface area (Å²) >= 11 is 0. The van der Waals surface area contributed by atoms with E-state index >= 15 is 0 Å². The van der Waals surface area contributed by atoms with Gasteiger partial charge in [-0.05, 0) is 19.3 Å². The summed E-state index contributed by atoms with van der Waals surface area (Å²) in [4.78, 5) is 2.59. The van der Waals surface area contributed by atoms with Crippen molar-refractivity contribution >= 4 is 0 Å². The normalized spacial score (nSPS) is 40.3. The molecule has 0 radical (unpaired) electrons. The van der Waals surface area contributed by atoms with E-state index in [-0.39, 0.29) is 0 Å². The summed E-state index contributed by atoms with van der Waals surface area (Å²) < 4.78 is 5.47. The van der Waals surface area contributed by atoms with Gasteiger partial charge in [0.2, 0.25) is 0 Å². The number of hydrogen-bond donors (Lipinski definition) is 1. The molecule has 1 N–H and O–H groups in total. The third kappa shape index (κ3) is 2.47. The molecule has 3 heteroatoms. The van der Waals surface area contributed by atoms with Crippen LogP contribution in [0.2, 0.25) is 0 Å². The first-order valence-corrected chi connectivity index (χ1v) is 5.81. The highest BCUT2D eigenvalue weighted by atomic mass is 16.5. The van der Waals surface area contributed by atoms with Gasteiger partial charge < -0.3 is 10.1 Å². The van der Waals surface area contributed by atoms with Crippen LogP contribution in [0.4, 0.5) is 0 Å². The smallest absolute Gasteiger partial charge is 0.0632 e. The van der Waals surface area contributed by atoms with Crippen molar-refractivity contribution in [3.05, 3.63) is 0 Å². The first-order valence-electron chi connectivity index (χ1n) is 5.81. The second kappa shape index (κ2) is 4.60. The van der Waals surface area contributed by atoms with Gasteiger partial charge in [-0.2, -0.15) is 0 Å². The quantitative estimate of drug-likeness (QED) is 0.707. The summed E-state index contributed by atoms with van der Waals surface area (Å²) in [7, 11) is 0. The third-order valence-corrected chi connectivity index (χ3v) is 3.37. The highest BCUT2D eigenvalue weighted by molar-refractivity contribution is 4.84. The monoisotopic (exact) mass is 198 g/mol. The lowest BCUT2D eigenvalue weighted by molar-refractivity contribution is 0.0606. The van der Waals surface area contributed by atoms with E-state index < -0.39 is 0 Å². The fourth-order valence-electron chi connectivity index (χ4n) is 2.66. The van der Waals surface area contributed by atoms with Crippen molar-refractivity contribution in [2.24, 2.45) is 5.92 Å². The van der Waals surface area contributed by atoms with Crippen molar-refractivity contribution in [3.8, 4) is 0 Å². The molecule has 0 aromatic heterocycles. The summed E-state index contributed by atoms with van der Waals surface area (Å²) in [5.74, 6) is 0.870. The van der Waals surface area contributed by atoms with Crippen molar-refractivity contribution in [2.45, 2.75) is 32.4 Å². The summed E-state index contributed by atoms with van der Waals surface area (Å²) in [6.07, 6.45) is 1.35. The van der Waals surface area contributed by atoms with E-state index in [4.69, 9.17) is 4.74 Å². The molecule has 82 valence electrons. The molecule has 0 bridgehead atoms. The summed E-state index contributed by atoms with van der Waals surface area (Å²) in [6.45, 7) is 9.89. The van der Waals surface area contributed by atoms with Gasteiger partial charge in [0, 0.05) is 31.7 Å². The lowest BCUT2D eigenvalue weighted by atomic mass is 10.1. The second-order valence-corrected chi connectivity index (χ2v) is 4.87. The predicted molar refractivity (Wildman–Crippen MR) is 57.4 cm³/mol. The van der Waals surface area contributed by atoms with Crippen LogP contribution in [0.15, 0.2) is 0 Å². The van der Waals surface area contributed by atoms with Gasteiger partial charge in [0.05, 0.1) is 13.2 Å². The molecular weight excluding hydrogens is 176 g/mol. The molecular formula is C11H22N2O. The Kier molecular flexibility index (Phi) is 3.42. The second-order valence-electron chi connectivity index (χ2n) is 4.87. The Balaban J connectivity index is 1.78. The molecule has 14 heavy (non-hydrogen) atoms. The molecule has 2 fully saturated rings. The minimum atomic E-state index is 0.552. The standard InChI is InChI=1S/C11H22N2O/c1-9-5-10(2)13(6-9)7-11-8-14-4-3-12-11/h9-12H,3-8H2,1-2H3. The molecule has 2 aliphatic heterocycles. The maximum atomic E-state index is 5.47. The summed E-state index contributed by atoms with van der Waals surface area (Å²) in [5.41, 5.74) is 0. The average molecular weight is 198 g/mol.